The number of ether oxygens (including phenoxy) is 1. The molecule has 0 bridgehead atoms. The van der Waals surface area contributed by atoms with Crippen molar-refractivity contribution in [1.29, 1.82) is 0 Å². The molecule has 0 atom stereocenters. The first-order chi connectivity index (χ1) is 18.1. The highest BCUT2D eigenvalue weighted by atomic mass is 19.3. The van der Waals surface area contributed by atoms with Crippen LogP contribution in [0.3, 0.4) is 0 Å². The van der Waals surface area contributed by atoms with Crippen LogP contribution in [-0.4, -0.2) is 45.8 Å². The minimum absolute atomic E-state index is 0.0585. The van der Waals surface area contributed by atoms with E-state index < -0.39 is 13.3 Å². The molecule has 0 saturated heterocycles. The molecule has 11 heteroatoms. The first-order valence-electron chi connectivity index (χ1n) is 12.3. The molecule has 0 saturated carbocycles. The Morgan fingerprint density at radius 3 is 2.53 bits per heavy atom. The SMILES string of the molecule is C=C(CCF)C(=O)N(CCCCCc1nc(C(C)(C)C)no1)c1cccc(-c2ncc(OC(F)F)cn2)c1. The van der Waals surface area contributed by atoms with Gasteiger partial charge in [-0.1, -0.05) is 51.1 Å². The fourth-order valence-corrected chi connectivity index (χ4v) is 3.59. The highest BCUT2D eigenvalue weighted by Crippen LogP contribution is 2.26. The van der Waals surface area contributed by atoms with Gasteiger partial charge in [-0.25, -0.2) is 9.97 Å². The van der Waals surface area contributed by atoms with Crippen molar-refractivity contribution in [2.45, 2.75) is 64.9 Å². The molecule has 0 radical (unpaired) electrons. The van der Waals surface area contributed by atoms with E-state index in [1.54, 1.807) is 29.2 Å². The van der Waals surface area contributed by atoms with Gasteiger partial charge >= 0.3 is 6.61 Å². The maximum Gasteiger partial charge on any atom is 0.387 e. The minimum Gasteiger partial charge on any atom is -0.432 e. The lowest BCUT2D eigenvalue weighted by molar-refractivity contribution is -0.115. The average Bonchev–Trinajstić information content (AvgIpc) is 3.36. The summed E-state index contributed by atoms with van der Waals surface area (Å²) in [6, 6.07) is 6.95. The molecular formula is C27H32F3N5O3. The molecule has 3 aromatic rings. The fourth-order valence-electron chi connectivity index (χ4n) is 3.59. The van der Waals surface area contributed by atoms with Gasteiger partial charge < -0.3 is 14.2 Å². The Bertz CT molecular complexity index is 1210. The van der Waals surface area contributed by atoms with E-state index in [9.17, 15) is 18.0 Å². The van der Waals surface area contributed by atoms with Gasteiger partial charge in [0.2, 0.25) is 5.89 Å². The smallest absolute Gasteiger partial charge is 0.387 e. The number of aromatic nitrogens is 4. The highest BCUT2D eigenvalue weighted by molar-refractivity contribution is 6.05. The molecule has 0 aliphatic heterocycles. The lowest BCUT2D eigenvalue weighted by Crippen LogP contribution is -2.33. The van der Waals surface area contributed by atoms with Crippen molar-refractivity contribution in [2.75, 3.05) is 18.1 Å². The summed E-state index contributed by atoms with van der Waals surface area (Å²) in [6.45, 7) is 6.53. The number of nitrogens with zero attached hydrogens (tertiary/aromatic N) is 5. The molecule has 0 N–H and O–H groups in total. The molecular weight excluding hydrogens is 499 g/mol. The maximum absolute atomic E-state index is 13.1. The molecule has 0 fully saturated rings. The zero-order valence-corrected chi connectivity index (χ0v) is 21.8. The summed E-state index contributed by atoms with van der Waals surface area (Å²) in [4.78, 5) is 27.3. The van der Waals surface area contributed by atoms with Gasteiger partial charge in [-0.3, -0.25) is 9.18 Å². The van der Waals surface area contributed by atoms with Crippen molar-refractivity contribution in [1.82, 2.24) is 20.1 Å². The minimum atomic E-state index is -2.97. The maximum atomic E-state index is 13.1. The van der Waals surface area contributed by atoms with Crippen LogP contribution in [0.5, 0.6) is 5.75 Å². The monoisotopic (exact) mass is 531 g/mol. The van der Waals surface area contributed by atoms with E-state index in [0.29, 0.717) is 42.4 Å². The molecule has 0 unspecified atom stereocenters. The number of unbranched alkanes of at least 4 members (excludes halogenated alkanes) is 2. The van der Waals surface area contributed by atoms with E-state index in [2.05, 4.69) is 31.4 Å². The van der Waals surface area contributed by atoms with Crippen LogP contribution >= 0.6 is 0 Å². The highest BCUT2D eigenvalue weighted by Gasteiger charge is 2.21. The number of alkyl halides is 3. The van der Waals surface area contributed by atoms with Crippen LogP contribution in [0.25, 0.3) is 11.4 Å². The van der Waals surface area contributed by atoms with Crippen LogP contribution in [0.2, 0.25) is 0 Å². The summed E-state index contributed by atoms with van der Waals surface area (Å²) in [6.07, 6.45) is 5.14. The summed E-state index contributed by atoms with van der Waals surface area (Å²) >= 11 is 0. The van der Waals surface area contributed by atoms with Gasteiger partial charge in [0.15, 0.2) is 17.4 Å². The average molecular weight is 532 g/mol. The van der Waals surface area contributed by atoms with E-state index in [0.717, 1.165) is 25.2 Å². The molecule has 0 aliphatic carbocycles. The van der Waals surface area contributed by atoms with Crippen molar-refractivity contribution in [3.8, 4) is 17.1 Å². The number of hydrogen-bond acceptors (Lipinski definition) is 7. The first kappa shape index (κ1) is 28.8. The zero-order chi connectivity index (χ0) is 27.7. The molecule has 3 rings (SSSR count). The Morgan fingerprint density at radius 2 is 1.89 bits per heavy atom. The van der Waals surface area contributed by atoms with Gasteiger partial charge in [-0.15, -0.1) is 0 Å². The second-order valence-electron chi connectivity index (χ2n) is 9.74. The van der Waals surface area contributed by atoms with E-state index in [-0.39, 0.29) is 34.9 Å². The summed E-state index contributed by atoms with van der Waals surface area (Å²) < 4.78 is 47.4. The Morgan fingerprint density at radius 1 is 1.16 bits per heavy atom. The normalized spacial score (nSPS) is 11.6. The third-order valence-corrected chi connectivity index (χ3v) is 5.62. The van der Waals surface area contributed by atoms with Crippen molar-refractivity contribution in [3.63, 3.8) is 0 Å². The Balaban J connectivity index is 1.68. The molecule has 0 aliphatic rings. The molecule has 8 nitrogen and oxygen atoms in total. The van der Waals surface area contributed by atoms with E-state index >= 15 is 0 Å². The van der Waals surface area contributed by atoms with Crippen LogP contribution in [0.15, 0.2) is 53.3 Å². The van der Waals surface area contributed by atoms with Gasteiger partial charge in [-0.05, 0) is 25.0 Å². The standard InChI is InChI=1S/C27H32F3N5O3/c1-18(12-13-28)24(36)35(14-7-5-6-11-22-33-25(34-38-22)27(2,3)4)20-10-8-9-19(15-20)23-31-16-21(17-32-23)37-26(29)30/h8-10,15-17,26H,1,5-7,11-14H2,2-4H3. The zero-order valence-electron chi connectivity index (χ0n) is 21.8. The van der Waals surface area contributed by atoms with E-state index in [1.807, 2.05) is 20.8 Å². The molecule has 204 valence electrons. The summed E-state index contributed by atoms with van der Waals surface area (Å²) in [7, 11) is 0. The molecule has 1 amide bonds. The summed E-state index contributed by atoms with van der Waals surface area (Å²) in [5.74, 6) is 0.993. The van der Waals surface area contributed by atoms with E-state index in [1.165, 1.54) is 0 Å². The Labute approximate surface area is 219 Å². The van der Waals surface area contributed by atoms with Gasteiger partial charge in [-0.2, -0.15) is 13.8 Å². The number of aryl methyl sites for hydroxylation is 1. The Hall–Kier alpha value is -3.76. The number of anilines is 1. The number of amides is 1. The van der Waals surface area contributed by atoms with Crippen molar-refractivity contribution >= 4 is 11.6 Å². The van der Waals surface area contributed by atoms with Crippen LogP contribution in [0.1, 0.15) is 58.2 Å². The summed E-state index contributed by atoms with van der Waals surface area (Å²) in [5, 5.41) is 4.03. The van der Waals surface area contributed by atoms with E-state index in [4.69, 9.17) is 4.52 Å². The molecule has 1 aromatic carbocycles. The molecule has 2 aromatic heterocycles. The second kappa shape index (κ2) is 13.2. The second-order valence-corrected chi connectivity index (χ2v) is 9.74. The number of benzene rings is 1. The summed E-state index contributed by atoms with van der Waals surface area (Å²) in [5.41, 5.74) is 1.12. The van der Waals surface area contributed by atoms with Crippen molar-refractivity contribution < 1.29 is 27.2 Å². The molecule has 0 spiro atoms. The molecule has 38 heavy (non-hydrogen) atoms. The van der Waals surface area contributed by atoms with Gasteiger partial charge in [0.05, 0.1) is 19.1 Å². The predicted octanol–water partition coefficient (Wildman–Crippen LogP) is 6.09. The van der Waals surface area contributed by atoms with Gasteiger partial charge in [0.1, 0.15) is 0 Å². The number of carbonyl (C=O) groups excluding carboxylic acids is 1. The number of halogens is 3. The lowest BCUT2D eigenvalue weighted by atomic mass is 9.96. The van der Waals surface area contributed by atoms with Crippen LogP contribution in [-0.2, 0) is 16.6 Å². The quantitative estimate of drug-likeness (QED) is 0.195. The van der Waals surface area contributed by atoms with Crippen LogP contribution < -0.4 is 9.64 Å². The predicted molar refractivity (Wildman–Crippen MR) is 137 cm³/mol. The number of rotatable bonds is 13. The number of carbonyl (C=O) groups is 1. The lowest BCUT2D eigenvalue weighted by Gasteiger charge is -2.24. The molecule has 2 heterocycles. The van der Waals surface area contributed by atoms with Gasteiger partial charge in [0, 0.05) is 41.6 Å². The Kier molecular flexibility index (Phi) is 9.98. The third-order valence-electron chi connectivity index (χ3n) is 5.62. The van der Waals surface area contributed by atoms with Crippen molar-refractivity contribution in [3.05, 3.63) is 60.5 Å². The topological polar surface area (TPSA) is 94.2 Å². The fraction of sp³-hybridized carbons (Fsp3) is 0.444. The third kappa shape index (κ3) is 8.12. The number of hydrogen-bond donors (Lipinski definition) is 0. The largest absolute Gasteiger partial charge is 0.432 e. The van der Waals surface area contributed by atoms with Crippen LogP contribution in [0, 0.1) is 0 Å². The first-order valence-corrected chi connectivity index (χ1v) is 12.3. The van der Waals surface area contributed by atoms with Crippen molar-refractivity contribution in [2.24, 2.45) is 0 Å². The van der Waals surface area contributed by atoms with Crippen LogP contribution in [0.4, 0.5) is 18.9 Å². The van der Waals surface area contributed by atoms with Gasteiger partial charge in [0.25, 0.3) is 5.91 Å².